The minimum absolute atomic E-state index is 0.0207. The van der Waals surface area contributed by atoms with E-state index in [-0.39, 0.29) is 29.9 Å². The molecular formula is C60H84N2O7. The van der Waals surface area contributed by atoms with Crippen molar-refractivity contribution < 1.29 is 34.0 Å². The molecule has 6 fully saturated rings. The summed E-state index contributed by atoms with van der Waals surface area (Å²) in [5, 5.41) is 23.7. The Labute approximate surface area is 413 Å². The molecule has 4 saturated carbocycles. The number of fused-ring (bicyclic) bond motifs is 2. The number of hydrogen-bond acceptors (Lipinski definition) is 9. The first-order chi connectivity index (χ1) is 33.6. The zero-order valence-electron chi connectivity index (χ0n) is 42.3. The van der Waals surface area contributed by atoms with Crippen LogP contribution < -0.4 is 4.74 Å². The van der Waals surface area contributed by atoms with Crippen molar-refractivity contribution in [1.29, 1.82) is 0 Å². The van der Waals surface area contributed by atoms with Crippen molar-refractivity contribution >= 4 is 33.5 Å². The van der Waals surface area contributed by atoms with Gasteiger partial charge in [-0.25, -0.2) is 0 Å². The Kier molecular flexibility index (Phi) is 18.4. The molecule has 0 unspecified atom stereocenters. The molecule has 2 spiro atoms. The summed E-state index contributed by atoms with van der Waals surface area (Å²) in [5.41, 5.74) is 3.92. The maximum atomic E-state index is 12.0. The van der Waals surface area contributed by atoms with E-state index in [1.165, 1.54) is 125 Å². The summed E-state index contributed by atoms with van der Waals surface area (Å²) < 4.78 is 16.8. The molecule has 2 N–H and O–H groups in total. The minimum atomic E-state index is -0.0438. The van der Waals surface area contributed by atoms with Gasteiger partial charge in [0.25, 0.3) is 0 Å². The minimum Gasteiger partial charge on any atom is -0.508 e. The summed E-state index contributed by atoms with van der Waals surface area (Å²) >= 11 is 0. The van der Waals surface area contributed by atoms with E-state index < -0.39 is 0 Å². The van der Waals surface area contributed by atoms with Crippen LogP contribution in [-0.2, 0) is 32.2 Å². The molecule has 9 heteroatoms. The molecule has 10 rings (SSSR count). The molecular weight excluding hydrogens is 861 g/mol. The Balaban J connectivity index is 0.000000157. The lowest BCUT2D eigenvalue weighted by Gasteiger charge is -2.42. The molecule has 0 aromatic heterocycles. The Morgan fingerprint density at radius 3 is 1.42 bits per heavy atom. The van der Waals surface area contributed by atoms with Crippen LogP contribution >= 0.6 is 0 Å². The third kappa shape index (κ3) is 14.5. The monoisotopic (exact) mass is 945 g/mol. The van der Waals surface area contributed by atoms with Crippen molar-refractivity contribution in [3.8, 4) is 11.5 Å². The van der Waals surface area contributed by atoms with E-state index in [2.05, 4.69) is 64.4 Å². The van der Waals surface area contributed by atoms with Crippen LogP contribution in [0.15, 0.2) is 72.8 Å². The molecule has 6 aliphatic rings. The third-order valence-electron chi connectivity index (χ3n) is 17.1. The highest BCUT2D eigenvalue weighted by molar-refractivity contribution is 5.85. The summed E-state index contributed by atoms with van der Waals surface area (Å²) in [4.78, 5) is 28.6. The largest absolute Gasteiger partial charge is 0.508 e. The maximum Gasteiger partial charge on any atom is 0.309 e. The van der Waals surface area contributed by atoms with Gasteiger partial charge in [0.15, 0.2) is 0 Å². The number of ether oxygens (including phenoxy) is 3. The topological polar surface area (TPSA) is 109 Å². The third-order valence-corrected chi connectivity index (χ3v) is 17.1. The average molecular weight is 945 g/mol. The molecule has 2 heterocycles. The van der Waals surface area contributed by atoms with Crippen LogP contribution in [-0.4, -0.2) is 83.6 Å². The van der Waals surface area contributed by atoms with Crippen molar-refractivity contribution in [3.05, 3.63) is 83.9 Å². The second kappa shape index (κ2) is 24.8. The average Bonchev–Trinajstić information content (AvgIpc) is 3.37. The van der Waals surface area contributed by atoms with Crippen molar-refractivity contribution in [2.75, 3.05) is 39.4 Å². The van der Waals surface area contributed by atoms with Gasteiger partial charge in [0.1, 0.15) is 11.5 Å². The first kappa shape index (κ1) is 51.2. The number of aromatic hydroxyl groups is 1. The Morgan fingerprint density at radius 2 is 0.942 bits per heavy atom. The van der Waals surface area contributed by atoms with E-state index in [9.17, 15) is 19.8 Å². The number of nitrogens with zero attached hydrogens (tertiary/aromatic N) is 2. The SMILES string of the molecule is CCOC(=O)C1CCN(Cc2ccc3cc(O)ccc3c2)CC1.CCOC(=O)C1CCN(Cc2ccc3cc(OC4CCC5(CCCCC5)CC4)ccc3c2)CC1.OC1CCC2(CCCCC2)CC1. The van der Waals surface area contributed by atoms with Crippen LogP contribution in [0.3, 0.4) is 0 Å². The van der Waals surface area contributed by atoms with Gasteiger partial charge in [-0.15, -0.1) is 0 Å². The second-order valence-electron chi connectivity index (χ2n) is 22.0. The van der Waals surface area contributed by atoms with E-state index in [0.717, 1.165) is 94.3 Å². The highest BCUT2D eigenvalue weighted by atomic mass is 16.5. The van der Waals surface area contributed by atoms with Crippen LogP contribution in [0.25, 0.3) is 21.5 Å². The molecule has 0 bridgehead atoms. The second-order valence-corrected chi connectivity index (χ2v) is 22.0. The number of aliphatic hydroxyl groups is 1. The lowest BCUT2D eigenvalue weighted by Crippen LogP contribution is -2.36. The Hall–Kier alpha value is -4.18. The van der Waals surface area contributed by atoms with Crippen molar-refractivity contribution in [2.45, 2.75) is 180 Å². The fraction of sp³-hybridized carbons (Fsp3) is 0.633. The van der Waals surface area contributed by atoms with Gasteiger partial charge < -0.3 is 24.4 Å². The van der Waals surface area contributed by atoms with E-state index in [0.29, 0.717) is 35.9 Å². The van der Waals surface area contributed by atoms with E-state index >= 15 is 0 Å². The molecule has 4 aromatic rings. The number of aliphatic hydroxyl groups excluding tert-OH is 1. The number of likely N-dealkylation sites (tertiary alicyclic amines) is 2. The van der Waals surface area contributed by atoms with Gasteiger partial charge in [0, 0.05) is 13.1 Å². The van der Waals surface area contributed by atoms with Gasteiger partial charge >= 0.3 is 11.9 Å². The highest BCUT2D eigenvalue weighted by Gasteiger charge is 2.37. The Bertz CT molecular complexity index is 2230. The number of phenolic OH excluding ortho intramolecular Hbond substituents is 1. The van der Waals surface area contributed by atoms with Gasteiger partial charge in [0.2, 0.25) is 0 Å². The summed E-state index contributed by atoms with van der Waals surface area (Å²) in [6.45, 7) is 10.3. The van der Waals surface area contributed by atoms with Crippen LogP contribution in [0.5, 0.6) is 11.5 Å². The summed E-state index contributed by atoms with van der Waals surface area (Å²) in [6, 6.07) is 25.2. The lowest BCUT2D eigenvalue weighted by atomic mass is 9.65. The molecule has 0 amide bonds. The smallest absolute Gasteiger partial charge is 0.309 e. The molecule has 69 heavy (non-hydrogen) atoms. The summed E-state index contributed by atoms with van der Waals surface area (Å²) in [7, 11) is 0. The van der Waals surface area contributed by atoms with Crippen molar-refractivity contribution in [1.82, 2.24) is 9.80 Å². The van der Waals surface area contributed by atoms with E-state index in [1.807, 2.05) is 19.9 Å². The molecule has 376 valence electrons. The van der Waals surface area contributed by atoms with Crippen molar-refractivity contribution in [3.63, 3.8) is 0 Å². The molecule has 9 nitrogen and oxygen atoms in total. The summed E-state index contributed by atoms with van der Waals surface area (Å²) in [5.74, 6) is 1.39. The standard InChI is InChI=1S/C30H41NO3.C19H23NO3.C11H20O/c1-2-33-29(32)24-12-18-31(19-13-24)22-23-6-7-26-21-28(9-8-25(26)20-23)34-27-10-16-30(17-11-27)14-4-3-5-15-30;1-2-23-19(22)15-7-9-20(10-8-15)13-14-3-4-17-12-18(21)6-5-16(17)11-14;12-10-4-8-11(9-5-10)6-2-1-3-7-11/h6-9,20-21,24,27H,2-5,10-19,22H2,1H3;3-6,11-12,15,21H,2,7-10,13H2,1H3;10,12H,1-9H2. The molecule has 0 atom stereocenters. The number of esters is 2. The van der Waals surface area contributed by atoms with Crippen LogP contribution in [0.1, 0.15) is 166 Å². The quantitative estimate of drug-likeness (QED) is 0.150. The van der Waals surface area contributed by atoms with E-state index in [1.54, 1.807) is 12.1 Å². The predicted octanol–water partition coefficient (Wildman–Crippen LogP) is 13.1. The van der Waals surface area contributed by atoms with Crippen LogP contribution in [0.2, 0.25) is 0 Å². The first-order valence-corrected chi connectivity index (χ1v) is 27.5. The van der Waals surface area contributed by atoms with Gasteiger partial charge in [-0.05, 0) is 223 Å². The highest BCUT2D eigenvalue weighted by Crippen LogP contribution is 2.49. The number of hydrogen-bond donors (Lipinski definition) is 2. The van der Waals surface area contributed by atoms with Gasteiger partial charge in [-0.3, -0.25) is 19.4 Å². The molecule has 2 aliphatic heterocycles. The molecule has 2 saturated heterocycles. The van der Waals surface area contributed by atoms with Gasteiger partial charge in [-0.1, -0.05) is 74.9 Å². The number of phenols is 1. The fourth-order valence-electron chi connectivity index (χ4n) is 12.8. The molecule has 4 aliphatic carbocycles. The van der Waals surface area contributed by atoms with Crippen LogP contribution in [0.4, 0.5) is 0 Å². The normalized spacial score (nSPS) is 22.6. The lowest BCUT2D eigenvalue weighted by molar-refractivity contribution is -0.150. The zero-order valence-corrected chi connectivity index (χ0v) is 42.3. The van der Waals surface area contributed by atoms with Crippen molar-refractivity contribution in [2.24, 2.45) is 22.7 Å². The molecule has 0 radical (unpaired) electrons. The predicted molar refractivity (Wildman–Crippen MR) is 277 cm³/mol. The van der Waals surface area contributed by atoms with Crippen LogP contribution in [0, 0.1) is 22.7 Å². The maximum absolute atomic E-state index is 12.0. The van der Waals surface area contributed by atoms with Gasteiger partial charge in [-0.2, -0.15) is 0 Å². The summed E-state index contributed by atoms with van der Waals surface area (Å²) in [6.07, 6.45) is 28.2. The number of piperidine rings is 2. The van der Waals surface area contributed by atoms with Gasteiger partial charge in [0.05, 0.1) is 37.3 Å². The fourth-order valence-corrected chi connectivity index (χ4v) is 12.8. The number of carbonyl (C=O) groups excluding carboxylic acids is 2. The number of carbonyl (C=O) groups is 2. The Morgan fingerprint density at radius 1 is 0.522 bits per heavy atom. The number of benzene rings is 4. The first-order valence-electron chi connectivity index (χ1n) is 27.5. The van der Waals surface area contributed by atoms with E-state index in [4.69, 9.17) is 14.2 Å². The number of rotatable bonds is 10. The molecule has 4 aromatic carbocycles. The zero-order chi connectivity index (χ0) is 48.1.